The molecule has 1 aliphatic heterocycles. The summed E-state index contributed by atoms with van der Waals surface area (Å²) in [4.78, 5) is 29.8. The van der Waals surface area contributed by atoms with E-state index >= 15 is 0 Å². The highest BCUT2D eigenvalue weighted by atomic mass is 35.5. The zero-order chi connectivity index (χ0) is 19.3. The summed E-state index contributed by atoms with van der Waals surface area (Å²) in [5.74, 6) is -0.248. The van der Waals surface area contributed by atoms with Gasteiger partial charge in [0.1, 0.15) is 5.52 Å². The molecule has 27 heavy (non-hydrogen) atoms. The van der Waals surface area contributed by atoms with Gasteiger partial charge in [0.25, 0.3) is 0 Å². The molecule has 3 aromatic rings. The molecule has 0 aliphatic carbocycles. The Morgan fingerprint density at radius 3 is 2.74 bits per heavy atom. The number of benzene rings is 2. The molecule has 4 rings (SSSR count). The van der Waals surface area contributed by atoms with Crippen molar-refractivity contribution in [2.45, 2.75) is 20.3 Å². The summed E-state index contributed by atoms with van der Waals surface area (Å²) in [5, 5.41) is -0.0267. The summed E-state index contributed by atoms with van der Waals surface area (Å²) in [6.07, 6.45) is 0.113. The molecule has 1 aromatic heterocycles. The Labute approximate surface area is 165 Å². The van der Waals surface area contributed by atoms with Crippen molar-refractivity contribution in [3.63, 3.8) is 0 Å². The number of oxazole rings is 1. The molecule has 0 N–H and O–H groups in total. The molecule has 2 aromatic carbocycles. The average molecular weight is 403 g/mol. The molecule has 1 fully saturated rings. The lowest BCUT2D eigenvalue weighted by Gasteiger charge is -2.17. The van der Waals surface area contributed by atoms with Crippen LogP contribution >= 0.6 is 23.2 Å². The second-order valence-electron chi connectivity index (χ2n) is 6.82. The van der Waals surface area contributed by atoms with Crippen LogP contribution in [-0.2, 0) is 9.59 Å². The first kappa shape index (κ1) is 18.0. The lowest BCUT2D eigenvalue weighted by molar-refractivity contribution is -0.120. The van der Waals surface area contributed by atoms with E-state index < -0.39 is 11.2 Å². The lowest BCUT2D eigenvalue weighted by atomic mass is 10.1. The van der Waals surface area contributed by atoms with E-state index in [2.05, 4.69) is 4.98 Å². The standard InChI is InChI=1S/C20H16Cl2N2O3/c1-10-5-11(2)18-16(6-10)23-20(27-18)14-8-13(3-4-15(14)21)24-9-12(19(22)26)7-17(24)25/h3-6,8,12H,7,9H2,1-2H3/t12-/m1/s1. The number of halogens is 2. The molecule has 1 aliphatic rings. The molecule has 138 valence electrons. The maximum Gasteiger partial charge on any atom is 0.228 e. The van der Waals surface area contributed by atoms with Gasteiger partial charge in [-0.15, -0.1) is 0 Å². The van der Waals surface area contributed by atoms with Gasteiger partial charge in [0.05, 0.1) is 16.5 Å². The summed E-state index contributed by atoms with van der Waals surface area (Å²) in [5.41, 5.74) is 4.79. The quantitative estimate of drug-likeness (QED) is 0.585. The SMILES string of the molecule is Cc1cc(C)c2oc(-c3cc(N4C[C@H](C(=O)Cl)CC4=O)ccc3Cl)nc2c1. The highest BCUT2D eigenvalue weighted by molar-refractivity contribution is 6.64. The van der Waals surface area contributed by atoms with Gasteiger partial charge in [-0.1, -0.05) is 17.7 Å². The smallest absolute Gasteiger partial charge is 0.228 e. The van der Waals surface area contributed by atoms with Crippen LogP contribution in [0.3, 0.4) is 0 Å². The second-order valence-corrected chi connectivity index (χ2v) is 7.60. The van der Waals surface area contributed by atoms with Gasteiger partial charge in [0, 0.05) is 18.7 Å². The van der Waals surface area contributed by atoms with Crippen molar-refractivity contribution in [1.29, 1.82) is 0 Å². The van der Waals surface area contributed by atoms with Crippen molar-refractivity contribution < 1.29 is 14.0 Å². The van der Waals surface area contributed by atoms with E-state index in [9.17, 15) is 9.59 Å². The zero-order valence-electron chi connectivity index (χ0n) is 14.8. The van der Waals surface area contributed by atoms with Gasteiger partial charge in [-0.05, 0) is 60.8 Å². The largest absolute Gasteiger partial charge is 0.436 e. The third-order valence-corrected chi connectivity index (χ3v) is 5.40. The summed E-state index contributed by atoms with van der Waals surface area (Å²) < 4.78 is 5.95. The van der Waals surface area contributed by atoms with Crippen molar-refractivity contribution in [2.24, 2.45) is 5.92 Å². The number of hydrogen-bond acceptors (Lipinski definition) is 4. The first-order valence-corrected chi connectivity index (χ1v) is 9.26. The Balaban J connectivity index is 1.77. The fourth-order valence-corrected chi connectivity index (χ4v) is 3.79. The number of aryl methyl sites for hydroxylation is 2. The Morgan fingerprint density at radius 2 is 2.04 bits per heavy atom. The first-order chi connectivity index (χ1) is 12.8. The van der Waals surface area contributed by atoms with Gasteiger partial charge in [-0.3, -0.25) is 9.59 Å². The van der Waals surface area contributed by atoms with Crippen LogP contribution in [0, 0.1) is 19.8 Å². The molecular formula is C20H16Cl2N2O3. The summed E-state index contributed by atoms with van der Waals surface area (Å²) >= 11 is 11.9. The summed E-state index contributed by atoms with van der Waals surface area (Å²) in [6.45, 7) is 4.23. The predicted octanol–water partition coefficient (Wildman–Crippen LogP) is 4.88. The molecule has 7 heteroatoms. The van der Waals surface area contributed by atoms with E-state index in [4.69, 9.17) is 27.6 Å². The Bertz CT molecular complexity index is 1090. The number of amides is 1. The van der Waals surface area contributed by atoms with Crippen LogP contribution in [0.5, 0.6) is 0 Å². The second kappa shape index (κ2) is 6.66. The van der Waals surface area contributed by atoms with Crippen molar-refractivity contribution in [1.82, 2.24) is 4.98 Å². The van der Waals surface area contributed by atoms with Gasteiger partial charge >= 0.3 is 0 Å². The molecule has 1 saturated heterocycles. The molecule has 0 unspecified atom stereocenters. The molecule has 1 amide bonds. The van der Waals surface area contributed by atoms with E-state index in [-0.39, 0.29) is 18.9 Å². The van der Waals surface area contributed by atoms with Crippen LogP contribution in [0.15, 0.2) is 34.7 Å². The molecule has 1 atom stereocenters. The van der Waals surface area contributed by atoms with E-state index in [0.29, 0.717) is 27.7 Å². The Morgan fingerprint density at radius 1 is 1.26 bits per heavy atom. The Hall–Kier alpha value is -2.37. The number of rotatable bonds is 3. The molecule has 0 radical (unpaired) electrons. The molecule has 0 bridgehead atoms. The van der Waals surface area contributed by atoms with Gasteiger partial charge in [0.2, 0.25) is 17.0 Å². The fourth-order valence-electron chi connectivity index (χ4n) is 3.45. The van der Waals surface area contributed by atoms with E-state index in [1.165, 1.54) is 0 Å². The molecule has 0 saturated carbocycles. The lowest BCUT2D eigenvalue weighted by Crippen LogP contribution is -2.25. The van der Waals surface area contributed by atoms with Crippen molar-refractivity contribution in [2.75, 3.05) is 11.4 Å². The number of carbonyl (C=O) groups is 2. The van der Waals surface area contributed by atoms with Crippen LogP contribution in [0.2, 0.25) is 5.02 Å². The average Bonchev–Trinajstić information content (AvgIpc) is 3.19. The monoisotopic (exact) mass is 402 g/mol. The Kier molecular flexibility index (Phi) is 4.44. The van der Waals surface area contributed by atoms with Crippen LogP contribution in [0.4, 0.5) is 5.69 Å². The highest BCUT2D eigenvalue weighted by Crippen LogP contribution is 2.36. The molecule has 0 spiro atoms. The summed E-state index contributed by atoms with van der Waals surface area (Å²) in [7, 11) is 0. The van der Waals surface area contributed by atoms with Gasteiger partial charge < -0.3 is 9.32 Å². The van der Waals surface area contributed by atoms with Crippen LogP contribution in [-0.4, -0.2) is 22.7 Å². The molecular weight excluding hydrogens is 387 g/mol. The maximum atomic E-state index is 12.3. The number of hydrogen-bond donors (Lipinski definition) is 0. The number of carbonyl (C=O) groups excluding carboxylic acids is 2. The van der Waals surface area contributed by atoms with Gasteiger partial charge in [-0.2, -0.15) is 0 Å². The van der Waals surface area contributed by atoms with Gasteiger partial charge in [0.15, 0.2) is 5.58 Å². The minimum atomic E-state index is -0.496. The first-order valence-electron chi connectivity index (χ1n) is 8.51. The molecule has 2 heterocycles. The van der Waals surface area contributed by atoms with E-state index in [0.717, 1.165) is 16.6 Å². The van der Waals surface area contributed by atoms with Crippen molar-refractivity contribution >= 4 is 51.1 Å². The maximum absolute atomic E-state index is 12.3. The van der Waals surface area contributed by atoms with Gasteiger partial charge in [-0.25, -0.2) is 4.98 Å². The van der Waals surface area contributed by atoms with E-state index in [1.54, 1.807) is 23.1 Å². The fraction of sp³-hybridized carbons (Fsp3) is 0.250. The molecule has 5 nitrogen and oxygen atoms in total. The van der Waals surface area contributed by atoms with Crippen LogP contribution < -0.4 is 4.90 Å². The van der Waals surface area contributed by atoms with Crippen LogP contribution in [0.25, 0.3) is 22.6 Å². The number of nitrogens with zero attached hydrogens (tertiary/aromatic N) is 2. The van der Waals surface area contributed by atoms with Crippen molar-refractivity contribution in [3.05, 3.63) is 46.5 Å². The number of anilines is 1. The topological polar surface area (TPSA) is 63.4 Å². The van der Waals surface area contributed by atoms with Crippen molar-refractivity contribution in [3.8, 4) is 11.5 Å². The summed E-state index contributed by atoms with van der Waals surface area (Å²) in [6, 6.07) is 9.18. The predicted molar refractivity (Wildman–Crippen MR) is 105 cm³/mol. The third-order valence-electron chi connectivity index (χ3n) is 4.76. The van der Waals surface area contributed by atoms with Crippen LogP contribution in [0.1, 0.15) is 17.5 Å². The zero-order valence-corrected chi connectivity index (χ0v) is 16.3. The highest BCUT2D eigenvalue weighted by Gasteiger charge is 2.34. The third kappa shape index (κ3) is 3.22. The minimum Gasteiger partial charge on any atom is -0.436 e. The number of aromatic nitrogens is 1. The van der Waals surface area contributed by atoms with E-state index in [1.807, 2.05) is 26.0 Å². The number of fused-ring (bicyclic) bond motifs is 1. The minimum absolute atomic E-state index is 0.113. The normalized spacial score (nSPS) is 17.1.